The first-order valence-electron chi connectivity index (χ1n) is 11.0. The lowest BCUT2D eigenvalue weighted by atomic mass is 9.50. The van der Waals surface area contributed by atoms with Crippen LogP contribution in [-0.4, -0.2) is 11.2 Å². The van der Waals surface area contributed by atoms with Crippen LogP contribution in [0.3, 0.4) is 0 Å². The van der Waals surface area contributed by atoms with Crippen LogP contribution >= 0.6 is 11.6 Å². The quantitative estimate of drug-likeness (QED) is 0.557. The Balaban J connectivity index is 1.36. The number of benzene rings is 2. The molecule has 2 nitrogen and oxygen atoms in total. The molecule has 5 rings (SSSR count). The smallest absolute Gasteiger partial charge is 0.140 e. The summed E-state index contributed by atoms with van der Waals surface area (Å²) in [6.07, 6.45) is 5.92. The number of rotatable bonds is 3. The summed E-state index contributed by atoms with van der Waals surface area (Å²) in [5.74, 6) is 2.95. The van der Waals surface area contributed by atoms with E-state index >= 15 is 0 Å². The first kappa shape index (κ1) is 19.2. The summed E-state index contributed by atoms with van der Waals surface area (Å²) in [7, 11) is 0. The second-order valence-corrected chi connectivity index (χ2v) is 10.1. The topological polar surface area (TPSA) is 26.3 Å². The van der Waals surface area contributed by atoms with Crippen molar-refractivity contribution in [3.05, 3.63) is 65.2 Å². The molecule has 2 fully saturated rings. The molecule has 0 N–H and O–H groups in total. The van der Waals surface area contributed by atoms with E-state index in [1.807, 2.05) is 18.2 Å². The van der Waals surface area contributed by atoms with E-state index in [2.05, 4.69) is 37.3 Å². The third-order valence-electron chi connectivity index (χ3n) is 7.89. The van der Waals surface area contributed by atoms with Crippen LogP contribution in [-0.2, 0) is 17.8 Å². The average molecular weight is 409 g/mol. The molecule has 0 heterocycles. The molecule has 2 aromatic rings. The van der Waals surface area contributed by atoms with Gasteiger partial charge in [-0.2, -0.15) is 0 Å². The number of Topliss-reactive ketones (excluding diaryl/α,β-unsaturated/α-hetero) is 1. The highest BCUT2D eigenvalue weighted by Crippen LogP contribution is 2.59. The van der Waals surface area contributed by atoms with Gasteiger partial charge in [-0.25, -0.2) is 0 Å². The number of aryl methyl sites for hydroxylation is 1. The van der Waals surface area contributed by atoms with E-state index in [0.717, 1.165) is 37.9 Å². The second-order valence-electron chi connectivity index (χ2n) is 9.47. The minimum Gasteiger partial charge on any atom is -0.489 e. The molecule has 3 aliphatic carbocycles. The van der Waals surface area contributed by atoms with Gasteiger partial charge in [0, 0.05) is 17.2 Å². The third-order valence-corrected chi connectivity index (χ3v) is 8.22. The van der Waals surface area contributed by atoms with Crippen LogP contribution in [0.1, 0.15) is 61.6 Å². The van der Waals surface area contributed by atoms with Gasteiger partial charge in [-0.3, -0.25) is 4.79 Å². The zero-order valence-electron chi connectivity index (χ0n) is 17.1. The van der Waals surface area contributed by atoms with Crippen molar-refractivity contribution in [1.82, 2.24) is 0 Å². The van der Waals surface area contributed by atoms with Gasteiger partial charge < -0.3 is 4.74 Å². The number of fused-ring (bicyclic) bond motifs is 5. The highest BCUT2D eigenvalue weighted by Gasteiger charge is 2.54. The minimum atomic E-state index is -0.150. The van der Waals surface area contributed by atoms with Crippen molar-refractivity contribution in [2.45, 2.75) is 63.4 Å². The van der Waals surface area contributed by atoms with Gasteiger partial charge in [0.15, 0.2) is 0 Å². The van der Waals surface area contributed by atoms with Gasteiger partial charge in [0.25, 0.3) is 0 Å². The number of ether oxygens (including phenoxy) is 1. The molecule has 152 valence electrons. The van der Waals surface area contributed by atoms with E-state index in [-0.39, 0.29) is 10.8 Å². The Morgan fingerprint density at radius 2 is 1.97 bits per heavy atom. The number of hydrogen-bond donors (Lipinski definition) is 0. The molecule has 0 aliphatic heterocycles. The molecule has 2 saturated carbocycles. The Bertz CT molecular complexity index is 908. The lowest BCUT2D eigenvalue weighted by Gasteiger charge is -2.54. The van der Waals surface area contributed by atoms with Crippen LogP contribution in [0.2, 0.25) is 0 Å². The summed E-state index contributed by atoms with van der Waals surface area (Å²) in [5.41, 5.74) is 3.96. The van der Waals surface area contributed by atoms with Crippen LogP contribution in [0.5, 0.6) is 5.75 Å². The molecule has 2 aromatic carbocycles. The standard InChI is InChI=1S/C26H29ClO2/c1-26-12-11-22-21-10-8-20(29-16-17-5-3-2-4-6-17)13-18(21)7-9-23(22)24(26)14-19(27)15-25(26)28/h2-6,8,10,13,19,22-24H,7,9,11-12,14-16H2,1H3/t19-,22+,23+,24-,26-/m0/s1. The summed E-state index contributed by atoms with van der Waals surface area (Å²) in [6.45, 7) is 2.82. The highest BCUT2D eigenvalue weighted by molar-refractivity contribution is 6.22. The molecule has 0 spiro atoms. The van der Waals surface area contributed by atoms with Crippen LogP contribution in [0, 0.1) is 17.3 Å². The monoisotopic (exact) mass is 408 g/mol. The van der Waals surface area contributed by atoms with Crippen LogP contribution < -0.4 is 4.74 Å². The van der Waals surface area contributed by atoms with Crippen molar-refractivity contribution in [1.29, 1.82) is 0 Å². The van der Waals surface area contributed by atoms with E-state index in [1.165, 1.54) is 16.7 Å². The van der Waals surface area contributed by atoms with Crippen molar-refractivity contribution in [2.24, 2.45) is 17.3 Å². The van der Waals surface area contributed by atoms with E-state index in [4.69, 9.17) is 16.3 Å². The molecule has 3 heteroatoms. The Morgan fingerprint density at radius 3 is 2.79 bits per heavy atom. The van der Waals surface area contributed by atoms with E-state index in [9.17, 15) is 4.79 Å². The highest BCUT2D eigenvalue weighted by atomic mass is 35.5. The van der Waals surface area contributed by atoms with Gasteiger partial charge in [0.2, 0.25) is 0 Å². The maximum Gasteiger partial charge on any atom is 0.140 e. The van der Waals surface area contributed by atoms with Gasteiger partial charge in [0.05, 0.1) is 0 Å². The maximum absolute atomic E-state index is 12.8. The maximum atomic E-state index is 12.8. The van der Waals surface area contributed by atoms with E-state index in [0.29, 0.717) is 36.6 Å². The fourth-order valence-electron chi connectivity index (χ4n) is 6.28. The molecule has 0 unspecified atom stereocenters. The molecule has 5 atom stereocenters. The fraction of sp³-hybridized carbons (Fsp3) is 0.500. The summed E-state index contributed by atoms with van der Waals surface area (Å²) in [6, 6.07) is 17.0. The minimum absolute atomic E-state index is 0.0227. The normalized spacial score (nSPS) is 33.4. The Labute approximate surface area is 178 Å². The molecule has 0 aromatic heterocycles. The first-order valence-corrected chi connectivity index (χ1v) is 11.4. The molecule has 0 saturated heterocycles. The van der Waals surface area contributed by atoms with Gasteiger partial charge >= 0.3 is 0 Å². The molecular formula is C26H29ClO2. The summed E-state index contributed by atoms with van der Waals surface area (Å²) >= 11 is 6.49. The number of hydrogen-bond acceptors (Lipinski definition) is 2. The van der Waals surface area contributed by atoms with E-state index < -0.39 is 0 Å². The lowest BCUT2D eigenvalue weighted by Crippen LogP contribution is -2.51. The van der Waals surface area contributed by atoms with Gasteiger partial charge in [-0.1, -0.05) is 43.3 Å². The van der Waals surface area contributed by atoms with Crippen LogP contribution in [0.4, 0.5) is 0 Å². The molecule has 0 radical (unpaired) electrons. The SMILES string of the molecule is C[C@]12CC[C@@H]3c4ccc(OCc5ccccc5)cc4CC[C@H]3[C@@H]1C[C@H](Cl)CC2=O. The number of halogens is 1. The zero-order valence-corrected chi connectivity index (χ0v) is 17.8. The number of carbonyl (C=O) groups excluding carboxylic acids is 1. The predicted molar refractivity (Wildman–Crippen MR) is 116 cm³/mol. The van der Waals surface area contributed by atoms with Crippen molar-refractivity contribution in [3.8, 4) is 5.75 Å². The van der Waals surface area contributed by atoms with Crippen molar-refractivity contribution in [2.75, 3.05) is 0 Å². The Morgan fingerprint density at radius 1 is 1.14 bits per heavy atom. The summed E-state index contributed by atoms with van der Waals surface area (Å²) in [4.78, 5) is 12.8. The average Bonchev–Trinajstić information content (AvgIpc) is 2.73. The van der Waals surface area contributed by atoms with Crippen molar-refractivity contribution >= 4 is 17.4 Å². The van der Waals surface area contributed by atoms with Crippen molar-refractivity contribution < 1.29 is 9.53 Å². The number of carbonyl (C=O) groups is 1. The van der Waals surface area contributed by atoms with E-state index in [1.54, 1.807) is 0 Å². The zero-order chi connectivity index (χ0) is 20.0. The molecule has 3 aliphatic rings. The van der Waals surface area contributed by atoms with Crippen LogP contribution in [0.15, 0.2) is 48.5 Å². The third kappa shape index (κ3) is 3.40. The molecule has 0 bridgehead atoms. The van der Waals surface area contributed by atoms with Crippen molar-refractivity contribution in [3.63, 3.8) is 0 Å². The largest absolute Gasteiger partial charge is 0.489 e. The summed E-state index contributed by atoms with van der Waals surface area (Å²) in [5, 5.41) is 0.0227. The second kappa shape index (κ2) is 7.47. The fourth-order valence-corrected chi connectivity index (χ4v) is 6.62. The Kier molecular flexibility index (Phi) is 4.94. The summed E-state index contributed by atoms with van der Waals surface area (Å²) < 4.78 is 6.06. The molecule has 0 amide bonds. The number of alkyl halides is 1. The Hall–Kier alpha value is -1.80. The lowest BCUT2D eigenvalue weighted by molar-refractivity contribution is -0.139. The van der Waals surface area contributed by atoms with Crippen LogP contribution in [0.25, 0.3) is 0 Å². The molecule has 29 heavy (non-hydrogen) atoms. The van der Waals surface area contributed by atoms with Gasteiger partial charge in [0.1, 0.15) is 18.1 Å². The van der Waals surface area contributed by atoms with Gasteiger partial charge in [-0.05, 0) is 78.7 Å². The molecular weight excluding hydrogens is 380 g/mol. The predicted octanol–water partition coefficient (Wildman–Crippen LogP) is 6.30. The first-order chi connectivity index (χ1) is 14.0. The number of ketones is 1. The van der Waals surface area contributed by atoms with Gasteiger partial charge in [-0.15, -0.1) is 11.6 Å².